The Kier molecular flexibility index (Phi) is 4.89. The Morgan fingerprint density at radius 1 is 1.40 bits per heavy atom. The first-order valence-electron chi connectivity index (χ1n) is 7.86. The van der Waals surface area contributed by atoms with Gasteiger partial charge in [-0.3, -0.25) is 14.2 Å². The average Bonchev–Trinajstić information content (AvgIpc) is 2.93. The fraction of sp³-hybridized carbons (Fsp3) is 0.353. The monoisotopic (exact) mass is 365 g/mol. The molecule has 0 bridgehead atoms. The third-order valence-electron chi connectivity index (χ3n) is 3.93. The molecule has 1 amide bonds. The van der Waals surface area contributed by atoms with Crippen LogP contribution < -0.4 is 10.9 Å². The van der Waals surface area contributed by atoms with Crippen molar-refractivity contribution in [2.75, 3.05) is 11.1 Å². The number of thioether (sulfide) groups is 1. The molecular formula is C17H17F2N3O2S. The highest BCUT2D eigenvalue weighted by Crippen LogP contribution is 2.33. The van der Waals surface area contributed by atoms with Crippen LogP contribution in [0, 0.1) is 11.6 Å². The molecular weight excluding hydrogens is 348 g/mol. The number of amides is 1. The van der Waals surface area contributed by atoms with Crippen LogP contribution in [0.4, 0.5) is 14.5 Å². The van der Waals surface area contributed by atoms with Crippen molar-refractivity contribution in [3.8, 4) is 0 Å². The number of anilines is 1. The Bertz CT molecular complexity index is 883. The number of nitrogens with one attached hydrogen (secondary N) is 1. The van der Waals surface area contributed by atoms with Gasteiger partial charge in [0.1, 0.15) is 11.6 Å². The lowest BCUT2D eigenvalue weighted by atomic mass is 10.1. The van der Waals surface area contributed by atoms with E-state index >= 15 is 0 Å². The van der Waals surface area contributed by atoms with Gasteiger partial charge in [0.2, 0.25) is 5.91 Å². The van der Waals surface area contributed by atoms with Crippen LogP contribution in [0.25, 0.3) is 0 Å². The summed E-state index contributed by atoms with van der Waals surface area (Å²) in [6.45, 7) is 3.92. The number of aromatic nitrogens is 2. The molecule has 0 saturated heterocycles. The summed E-state index contributed by atoms with van der Waals surface area (Å²) >= 11 is 1.42. The van der Waals surface area contributed by atoms with Crippen molar-refractivity contribution < 1.29 is 13.6 Å². The van der Waals surface area contributed by atoms with Crippen molar-refractivity contribution >= 4 is 23.4 Å². The molecule has 1 aliphatic rings. The molecule has 0 aliphatic carbocycles. The van der Waals surface area contributed by atoms with Crippen LogP contribution in [0.15, 0.2) is 34.2 Å². The zero-order valence-corrected chi connectivity index (χ0v) is 14.6. The van der Waals surface area contributed by atoms with Gasteiger partial charge in [-0.15, -0.1) is 0 Å². The van der Waals surface area contributed by atoms with Gasteiger partial charge in [0.05, 0.1) is 17.4 Å². The van der Waals surface area contributed by atoms with Gasteiger partial charge < -0.3 is 5.32 Å². The fourth-order valence-electron chi connectivity index (χ4n) is 2.62. The predicted octanol–water partition coefficient (Wildman–Crippen LogP) is 3.32. The number of rotatable bonds is 4. The van der Waals surface area contributed by atoms with Gasteiger partial charge in [-0.2, -0.15) is 0 Å². The van der Waals surface area contributed by atoms with E-state index < -0.39 is 17.5 Å². The van der Waals surface area contributed by atoms with E-state index in [4.69, 9.17) is 0 Å². The topological polar surface area (TPSA) is 64.0 Å². The number of fused-ring (bicyclic) bond motifs is 1. The smallest absolute Gasteiger partial charge is 0.254 e. The zero-order valence-electron chi connectivity index (χ0n) is 13.8. The van der Waals surface area contributed by atoms with E-state index in [1.165, 1.54) is 28.5 Å². The molecule has 1 aromatic heterocycles. The molecule has 25 heavy (non-hydrogen) atoms. The Morgan fingerprint density at radius 3 is 2.84 bits per heavy atom. The van der Waals surface area contributed by atoms with Gasteiger partial charge in [-0.1, -0.05) is 25.6 Å². The Morgan fingerprint density at radius 2 is 2.16 bits per heavy atom. The summed E-state index contributed by atoms with van der Waals surface area (Å²) in [6.07, 6.45) is 0.0133. The van der Waals surface area contributed by atoms with Crippen LogP contribution >= 0.6 is 11.8 Å². The molecule has 1 unspecified atom stereocenters. The van der Waals surface area contributed by atoms with E-state index in [1.54, 1.807) is 0 Å². The van der Waals surface area contributed by atoms with E-state index in [0.717, 1.165) is 11.8 Å². The van der Waals surface area contributed by atoms with Gasteiger partial charge in [0.25, 0.3) is 5.56 Å². The Balaban J connectivity index is 1.75. The minimum atomic E-state index is -0.838. The van der Waals surface area contributed by atoms with E-state index in [-0.39, 0.29) is 29.6 Å². The van der Waals surface area contributed by atoms with Crippen molar-refractivity contribution in [1.82, 2.24) is 9.55 Å². The molecule has 8 heteroatoms. The molecule has 0 spiro atoms. The van der Waals surface area contributed by atoms with Crippen molar-refractivity contribution in [1.29, 1.82) is 0 Å². The highest BCUT2D eigenvalue weighted by Gasteiger charge is 2.28. The standard InChI is InChI=1S/C17H17F2N3O2S/c1-9(2)14-7-16(24)22-11(8-25-17(22)21-14)6-15(23)20-13-4-3-10(18)5-12(13)19/h3-5,7,9,11H,6,8H2,1-2H3,(H,20,23). The summed E-state index contributed by atoms with van der Waals surface area (Å²) in [5, 5.41) is 3.02. The van der Waals surface area contributed by atoms with Gasteiger partial charge in [-0.25, -0.2) is 13.8 Å². The van der Waals surface area contributed by atoms with Gasteiger partial charge in [0, 0.05) is 24.3 Å². The second-order valence-electron chi connectivity index (χ2n) is 6.17. The quantitative estimate of drug-likeness (QED) is 0.845. The number of nitrogens with zero attached hydrogens (tertiary/aromatic N) is 2. The number of hydrogen-bond donors (Lipinski definition) is 1. The molecule has 1 N–H and O–H groups in total. The first-order chi connectivity index (χ1) is 11.8. The highest BCUT2D eigenvalue weighted by molar-refractivity contribution is 7.99. The largest absolute Gasteiger partial charge is 0.324 e. The first kappa shape index (κ1) is 17.6. The maximum absolute atomic E-state index is 13.6. The summed E-state index contributed by atoms with van der Waals surface area (Å²) in [6, 6.07) is 4.09. The lowest BCUT2D eigenvalue weighted by molar-refractivity contribution is -0.116. The molecule has 2 aromatic rings. The minimum absolute atomic E-state index is 0.0133. The summed E-state index contributed by atoms with van der Waals surface area (Å²) in [4.78, 5) is 29.0. The van der Waals surface area contributed by atoms with E-state index in [1.807, 2.05) is 13.8 Å². The van der Waals surface area contributed by atoms with Crippen LogP contribution in [0.1, 0.15) is 37.9 Å². The fourth-order valence-corrected chi connectivity index (χ4v) is 3.78. The maximum Gasteiger partial charge on any atom is 0.254 e. The van der Waals surface area contributed by atoms with E-state index in [0.29, 0.717) is 17.0 Å². The summed E-state index contributed by atoms with van der Waals surface area (Å²) in [5.41, 5.74) is 0.449. The number of carbonyl (C=O) groups is 1. The summed E-state index contributed by atoms with van der Waals surface area (Å²) in [5.74, 6) is -1.31. The summed E-state index contributed by atoms with van der Waals surface area (Å²) in [7, 11) is 0. The molecule has 2 heterocycles. The van der Waals surface area contributed by atoms with Crippen molar-refractivity contribution in [3.63, 3.8) is 0 Å². The van der Waals surface area contributed by atoms with Crippen molar-refractivity contribution in [3.05, 3.63) is 51.9 Å². The Hall–Kier alpha value is -2.22. The third-order valence-corrected chi connectivity index (χ3v) is 5.02. The molecule has 0 radical (unpaired) electrons. The number of hydrogen-bond acceptors (Lipinski definition) is 4. The minimum Gasteiger partial charge on any atom is -0.324 e. The van der Waals surface area contributed by atoms with Crippen molar-refractivity contribution in [2.24, 2.45) is 0 Å². The van der Waals surface area contributed by atoms with Crippen LogP contribution in [-0.2, 0) is 4.79 Å². The molecule has 1 aliphatic heterocycles. The van der Waals surface area contributed by atoms with Crippen LogP contribution in [-0.4, -0.2) is 21.2 Å². The van der Waals surface area contributed by atoms with Crippen LogP contribution in [0.2, 0.25) is 0 Å². The van der Waals surface area contributed by atoms with Crippen LogP contribution in [0.5, 0.6) is 0 Å². The molecule has 1 aromatic carbocycles. The van der Waals surface area contributed by atoms with Gasteiger partial charge in [-0.05, 0) is 18.1 Å². The number of benzene rings is 1. The SMILES string of the molecule is CC(C)c1cc(=O)n2c(n1)SCC2CC(=O)Nc1ccc(F)cc1F. The average molecular weight is 365 g/mol. The highest BCUT2D eigenvalue weighted by atomic mass is 32.2. The Labute approximate surface area is 147 Å². The molecule has 0 fully saturated rings. The molecule has 0 saturated carbocycles. The number of halogens is 2. The van der Waals surface area contributed by atoms with Crippen molar-refractivity contribution in [2.45, 2.75) is 37.4 Å². The lowest BCUT2D eigenvalue weighted by Gasteiger charge is -2.14. The normalized spacial score (nSPS) is 16.1. The number of carbonyl (C=O) groups excluding carboxylic acids is 1. The molecule has 132 valence electrons. The molecule has 3 rings (SSSR count). The summed E-state index contributed by atoms with van der Waals surface area (Å²) < 4.78 is 28.0. The second kappa shape index (κ2) is 6.95. The zero-order chi connectivity index (χ0) is 18.1. The predicted molar refractivity (Wildman–Crippen MR) is 92.0 cm³/mol. The molecule has 5 nitrogen and oxygen atoms in total. The van der Waals surface area contributed by atoms with E-state index in [9.17, 15) is 18.4 Å². The first-order valence-corrected chi connectivity index (χ1v) is 8.85. The van der Waals surface area contributed by atoms with Gasteiger partial charge >= 0.3 is 0 Å². The second-order valence-corrected chi connectivity index (χ2v) is 7.15. The van der Waals surface area contributed by atoms with E-state index in [2.05, 4.69) is 10.3 Å². The van der Waals surface area contributed by atoms with Gasteiger partial charge in [0.15, 0.2) is 5.16 Å². The van der Waals surface area contributed by atoms with Crippen LogP contribution in [0.3, 0.4) is 0 Å². The molecule has 1 atom stereocenters. The maximum atomic E-state index is 13.6. The lowest BCUT2D eigenvalue weighted by Crippen LogP contribution is -2.28. The third kappa shape index (κ3) is 3.73.